The molecule has 1 aliphatic rings. The van der Waals surface area contributed by atoms with Crippen molar-refractivity contribution in [3.8, 4) is 0 Å². The molecule has 15 heavy (non-hydrogen) atoms. The topological polar surface area (TPSA) is 45.4 Å². The minimum Gasteiger partial charge on any atom is -0.393 e. The zero-order valence-corrected chi connectivity index (χ0v) is 9.19. The highest BCUT2D eigenvalue weighted by Gasteiger charge is 2.19. The molecule has 0 bridgehead atoms. The van der Waals surface area contributed by atoms with Gasteiger partial charge in [0.1, 0.15) is 0 Å². The van der Waals surface area contributed by atoms with Gasteiger partial charge in [-0.1, -0.05) is 0 Å². The van der Waals surface area contributed by atoms with Crippen LogP contribution in [0.15, 0.2) is 12.4 Å². The molecule has 0 radical (unpaired) electrons. The smallest absolute Gasteiger partial charge is 0.0807 e. The number of aromatic nitrogens is 1. The minimum absolute atomic E-state index is 0.255. The fraction of sp³-hybridized carbons (Fsp3) is 0.667. The highest BCUT2D eigenvalue weighted by Crippen LogP contribution is 2.30. The van der Waals surface area contributed by atoms with E-state index >= 15 is 0 Å². The molecule has 1 aliphatic carbocycles. The second kappa shape index (κ2) is 4.37. The van der Waals surface area contributed by atoms with Crippen LogP contribution in [-0.2, 0) is 13.0 Å². The molecule has 1 heterocycles. The summed E-state index contributed by atoms with van der Waals surface area (Å²) in [7, 11) is 0. The number of aliphatic hydroxyl groups excluding tert-OH is 2. The molecular formula is C12H19NO2. The second-order valence-corrected chi connectivity index (χ2v) is 4.52. The molecule has 0 spiro atoms. The van der Waals surface area contributed by atoms with Crippen molar-refractivity contribution in [2.24, 2.45) is 0 Å². The molecule has 3 heteroatoms. The minimum atomic E-state index is -0.276. The molecule has 3 nitrogen and oxygen atoms in total. The zero-order chi connectivity index (χ0) is 10.8. The number of rotatable bonds is 3. The molecule has 0 amide bonds. The molecule has 1 aromatic rings. The number of nitrogens with zero attached hydrogens (tertiary/aromatic N) is 1. The van der Waals surface area contributed by atoms with E-state index in [0.29, 0.717) is 0 Å². The SMILES string of the molecule is CC(O)CCn1cc2c(c1)C(O)CCC2. The van der Waals surface area contributed by atoms with Crippen LogP contribution in [0.5, 0.6) is 0 Å². The fourth-order valence-electron chi connectivity index (χ4n) is 2.19. The normalized spacial score (nSPS) is 22.5. The van der Waals surface area contributed by atoms with E-state index in [2.05, 4.69) is 10.8 Å². The van der Waals surface area contributed by atoms with Crippen LogP contribution in [0.25, 0.3) is 0 Å². The molecule has 0 saturated carbocycles. The van der Waals surface area contributed by atoms with E-state index in [9.17, 15) is 10.2 Å². The summed E-state index contributed by atoms with van der Waals surface area (Å²) in [6.07, 6.45) is 7.41. The molecule has 84 valence electrons. The van der Waals surface area contributed by atoms with Crippen LogP contribution in [-0.4, -0.2) is 20.9 Å². The summed E-state index contributed by atoms with van der Waals surface area (Å²) >= 11 is 0. The standard InChI is InChI=1S/C12H19NO2/c1-9(14)5-6-13-7-10-3-2-4-12(15)11(10)8-13/h7-9,12,14-15H,2-6H2,1H3. The third kappa shape index (κ3) is 2.41. The van der Waals surface area contributed by atoms with Crippen LogP contribution in [0.3, 0.4) is 0 Å². The fourth-order valence-corrected chi connectivity index (χ4v) is 2.19. The van der Waals surface area contributed by atoms with E-state index in [-0.39, 0.29) is 12.2 Å². The van der Waals surface area contributed by atoms with Crippen molar-refractivity contribution >= 4 is 0 Å². The van der Waals surface area contributed by atoms with E-state index in [1.165, 1.54) is 5.56 Å². The zero-order valence-electron chi connectivity index (χ0n) is 9.19. The Hall–Kier alpha value is -0.800. The van der Waals surface area contributed by atoms with Gasteiger partial charge in [0.2, 0.25) is 0 Å². The molecule has 2 atom stereocenters. The molecule has 2 rings (SSSR count). The van der Waals surface area contributed by atoms with Gasteiger partial charge in [0.25, 0.3) is 0 Å². The molecule has 2 N–H and O–H groups in total. The van der Waals surface area contributed by atoms with Crippen LogP contribution in [0.1, 0.15) is 43.4 Å². The highest BCUT2D eigenvalue weighted by molar-refractivity contribution is 5.28. The van der Waals surface area contributed by atoms with Gasteiger partial charge >= 0.3 is 0 Å². The maximum absolute atomic E-state index is 9.79. The molecule has 2 unspecified atom stereocenters. The summed E-state index contributed by atoms with van der Waals surface area (Å²) in [6, 6.07) is 0. The number of hydrogen-bond donors (Lipinski definition) is 2. The largest absolute Gasteiger partial charge is 0.393 e. The Labute approximate surface area is 90.4 Å². The molecule has 0 saturated heterocycles. The molecule has 0 aromatic carbocycles. The Morgan fingerprint density at radius 3 is 3.00 bits per heavy atom. The molecule has 0 aliphatic heterocycles. The maximum Gasteiger partial charge on any atom is 0.0807 e. The first-order valence-electron chi connectivity index (χ1n) is 5.71. The summed E-state index contributed by atoms with van der Waals surface area (Å²) in [5.74, 6) is 0. The van der Waals surface area contributed by atoms with Gasteiger partial charge in [0.05, 0.1) is 12.2 Å². The van der Waals surface area contributed by atoms with Gasteiger partial charge in [0.15, 0.2) is 0 Å². The first kappa shape index (κ1) is 10.7. The lowest BCUT2D eigenvalue weighted by molar-refractivity contribution is 0.157. The van der Waals surface area contributed by atoms with Crippen LogP contribution < -0.4 is 0 Å². The third-order valence-corrected chi connectivity index (χ3v) is 3.09. The van der Waals surface area contributed by atoms with E-state index in [1.54, 1.807) is 6.92 Å². The summed E-state index contributed by atoms with van der Waals surface area (Å²) in [4.78, 5) is 0. The monoisotopic (exact) mass is 209 g/mol. The van der Waals surface area contributed by atoms with E-state index in [0.717, 1.165) is 37.8 Å². The third-order valence-electron chi connectivity index (χ3n) is 3.09. The van der Waals surface area contributed by atoms with E-state index < -0.39 is 0 Å². The van der Waals surface area contributed by atoms with Gasteiger partial charge in [-0.3, -0.25) is 0 Å². The van der Waals surface area contributed by atoms with Gasteiger partial charge in [0, 0.05) is 24.5 Å². The first-order chi connectivity index (χ1) is 7.16. The van der Waals surface area contributed by atoms with Crippen molar-refractivity contribution in [3.05, 3.63) is 23.5 Å². The average Bonchev–Trinajstić information content (AvgIpc) is 2.59. The van der Waals surface area contributed by atoms with Crippen molar-refractivity contribution < 1.29 is 10.2 Å². The number of aryl methyl sites for hydroxylation is 2. The van der Waals surface area contributed by atoms with Crippen molar-refractivity contribution in [2.75, 3.05) is 0 Å². The van der Waals surface area contributed by atoms with Gasteiger partial charge in [-0.05, 0) is 38.2 Å². The summed E-state index contributed by atoms with van der Waals surface area (Å²) in [6.45, 7) is 2.63. The molecule has 1 aromatic heterocycles. The quantitative estimate of drug-likeness (QED) is 0.794. The summed E-state index contributed by atoms with van der Waals surface area (Å²) in [5, 5.41) is 19.0. The Balaban J connectivity index is 2.08. The Morgan fingerprint density at radius 1 is 1.53 bits per heavy atom. The highest BCUT2D eigenvalue weighted by atomic mass is 16.3. The van der Waals surface area contributed by atoms with Crippen LogP contribution in [0.4, 0.5) is 0 Å². The van der Waals surface area contributed by atoms with Gasteiger partial charge in [-0.2, -0.15) is 0 Å². The number of hydrogen-bond acceptors (Lipinski definition) is 2. The molecular weight excluding hydrogens is 190 g/mol. The maximum atomic E-state index is 9.79. The first-order valence-corrected chi connectivity index (χ1v) is 5.71. The summed E-state index contributed by atoms with van der Waals surface area (Å²) < 4.78 is 2.09. The Bertz CT molecular complexity index is 330. The van der Waals surface area contributed by atoms with Gasteiger partial charge in [-0.15, -0.1) is 0 Å². The van der Waals surface area contributed by atoms with Crippen LogP contribution >= 0.6 is 0 Å². The lowest BCUT2D eigenvalue weighted by Crippen LogP contribution is -2.06. The summed E-state index contributed by atoms with van der Waals surface area (Å²) in [5.41, 5.74) is 2.37. The van der Waals surface area contributed by atoms with Crippen molar-refractivity contribution in [1.82, 2.24) is 4.57 Å². The lowest BCUT2D eigenvalue weighted by atomic mass is 9.93. The lowest BCUT2D eigenvalue weighted by Gasteiger charge is -2.16. The predicted octanol–water partition coefficient (Wildman–Crippen LogP) is 1.63. The van der Waals surface area contributed by atoms with Crippen molar-refractivity contribution in [2.45, 2.75) is 51.4 Å². The van der Waals surface area contributed by atoms with E-state index in [4.69, 9.17) is 0 Å². The number of fused-ring (bicyclic) bond motifs is 1. The van der Waals surface area contributed by atoms with E-state index in [1.807, 2.05) is 6.20 Å². The van der Waals surface area contributed by atoms with Crippen LogP contribution in [0.2, 0.25) is 0 Å². The van der Waals surface area contributed by atoms with Crippen molar-refractivity contribution in [1.29, 1.82) is 0 Å². The predicted molar refractivity (Wildman–Crippen MR) is 58.6 cm³/mol. The molecule has 0 fully saturated rings. The van der Waals surface area contributed by atoms with Crippen LogP contribution in [0, 0.1) is 0 Å². The Kier molecular flexibility index (Phi) is 3.12. The van der Waals surface area contributed by atoms with Gasteiger partial charge < -0.3 is 14.8 Å². The van der Waals surface area contributed by atoms with Crippen molar-refractivity contribution in [3.63, 3.8) is 0 Å². The van der Waals surface area contributed by atoms with Gasteiger partial charge in [-0.25, -0.2) is 0 Å². The Morgan fingerprint density at radius 2 is 2.33 bits per heavy atom. The number of aliphatic hydroxyl groups is 2. The second-order valence-electron chi connectivity index (χ2n) is 4.52. The average molecular weight is 209 g/mol.